The molecule has 0 radical (unpaired) electrons. The highest BCUT2D eigenvalue weighted by Crippen LogP contribution is 2.21. The summed E-state index contributed by atoms with van der Waals surface area (Å²) in [5, 5.41) is 13.5. The van der Waals surface area contributed by atoms with E-state index in [0.29, 0.717) is 18.0 Å². The lowest BCUT2D eigenvalue weighted by Crippen LogP contribution is -2.20. The lowest BCUT2D eigenvalue weighted by Gasteiger charge is -2.12. The van der Waals surface area contributed by atoms with Crippen LogP contribution in [0.15, 0.2) is 48.5 Å². The zero-order chi connectivity index (χ0) is 19.1. The molecule has 1 aliphatic rings. The topological polar surface area (TPSA) is 99.9 Å². The largest absolute Gasteiger partial charge is 0.491 e. The predicted octanol–water partition coefficient (Wildman–Crippen LogP) is 3.17. The van der Waals surface area contributed by atoms with Crippen molar-refractivity contribution in [2.24, 2.45) is 0 Å². The quantitative estimate of drug-likeness (QED) is 0.564. The molecule has 1 unspecified atom stereocenters. The smallest absolute Gasteiger partial charge is 0.273 e. The Balaban J connectivity index is 1.49. The van der Waals surface area contributed by atoms with Gasteiger partial charge in [0, 0.05) is 24.4 Å². The van der Waals surface area contributed by atoms with E-state index in [-0.39, 0.29) is 30.1 Å². The van der Waals surface area contributed by atoms with E-state index in [2.05, 4.69) is 5.32 Å². The van der Waals surface area contributed by atoms with Gasteiger partial charge in [-0.3, -0.25) is 14.9 Å². The fraction of sp³-hybridized carbons (Fsp3) is 0.316. The number of hydrogen-bond donors (Lipinski definition) is 1. The van der Waals surface area contributed by atoms with Crippen molar-refractivity contribution in [3.8, 4) is 11.5 Å². The van der Waals surface area contributed by atoms with Crippen molar-refractivity contribution in [2.75, 3.05) is 25.1 Å². The van der Waals surface area contributed by atoms with E-state index < -0.39 is 4.92 Å². The van der Waals surface area contributed by atoms with E-state index in [9.17, 15) is 14.9 Å². The van der Waals surface area contributed by atoms with Crippen LogP contribution < -0.4 is 14.8 Å². The minimum atomic E-state index is -0.519. The number of hydrogen-bond acceptors (Lipinski definition) is 6. The third-order valence-electron chi connectivity index (χ3n) is 3.98. The van der Waals surface area contributed by atoms with Crippen molar-refractivity contribution in [1.82, 2.24) is 0 Å². The van der Waals surface area contributed by atoms with Crippen LogP contribution in [0.5, 0.6) is 11.5 Å². The zero-order valence-electron chi connectivity index (χ0n) is 14.6. The van der Waals surface area contributed by atoms with Crippen molar-refractivity contribution < 1.29 is 23.9 Å². The van der Waals surface area contributed by atoms with Gasteiger partial charge >= 0.3 is 0 Å². The molecule has 0 aromatic heterocycles. The number of ether oxygens (including phenoxy) is 3. The summed E-state index contributed by atoms with van der Waals surface area (Å²) in [5.74, 6) is 0.522. The molecule has 1 atom stereocenters. The summed E-state index contributed by atoms with van der Waals surface area (Å²) >= 11 is 0. The Labute approximate surface area is 156 Å². The highest BCUT2D eigenvalue weighted by atomic mass is 16.6. The molecule has 2 aromatic carbocycles. The minimum absolute atomic E-state index is 0.0935. The van der Waals surface area contributed by atoms with Crippen molar-refractivity contribution in [2.45, 2.75) is 18.9 Å². The normalized spacial score (nSPS) is 15.9. The van der Waals surface area contributed by atoms with E-state index >= 15 is 0 Å². The number of nitrogens with one attached hydrogen (secondary N) is 1. The van der Waals surface area contributed by atoms with Crippen LogP contribution >= 0.6 is 0 Å². The maximum absolute atomic E-state index is 12.1. The Morgan fingerprint density at radius 1 is 1.19 bits per heavy atom. The molecular formula is C19H20N2O6. The molecule has 8 heteroatoms. The SMILES string of the molecule is O=C(COc1cccc([N+](=O)[O-])c1)Nc1cccc(OCC2CCCO2)c1. The number of carbonyl (C=O) groups is 1. The van der Waals surface area contributed by atoms with Gasteiger partial charge in [-0.25, -0.2) is 0 Å². The number of non-ortho nitro benzene ring substituents is 1. The van der Waals surface area contributed by atoms with Crippen LogP contribution in [-0.2, 0) is 9.53 Å². The van der Waals surface area contributed by atoms with E-state index in [1.807, 2.05) is 6.07 Å². The Bertz CT molecular complexity index is 804. The van der Waals surface area contributed by atoms with E-state index in [4.69, 9.17) is 14.2 Å². The molecular weight excluding hydrogens is 352 g/mol. The van der Waals surface area contributed by atoms with Gasteiger partial charge in [-0.15, -0.1) is 0 Å². The predicted molar refractivity (Wildman–Crippen MR) is 98.1 cm³/mol. The summed E-state index contributed by atoms with van der Waals surface area (Å²) in [7, 11) is 0. The van der Waals surface area contributed by atoms with Crippen LogP contribution in [0.1, 0.15) is 12.8 Å². The molecule has 27 heavy (non-hydrogen) atoms. The van der Waals surface area contributed by atoms with Crippen molar-refractivity contribution in [3.05, 3.63) is 58.6 Å². The number of nitro groups is 1. The molecule has 2 aromatic rings. The van der Waals surface area contributed by atoms with Crippen LogP contribution in [0.25, 0.3) is 0 Å². The average molecular weight is 372 g/mol. The van der Waals surface area contributed by atoms with Gasteiger partial charge in [0.05, 0.1) is 17.1 Å². The van der Waals surface area contributed by atoms with Gasteiger partial charge < -0.3 is 19.5 Å². The first-order valence-electron chi connectivity index (χ1n) is 8.62. The van der Waals surface area contributed by atoms with Crippen LogP contribution in [0.3, 0.4) is 0 Å². The molecule has 142 valence electrons. The zero-order valence-corrected chi connectivity index (χ0v) is 14.6. The van der Waals surface area contributed by atoms with Crippen molar-refractivity contribution in [1.29, 1.82) is 0 Å². The maximum Gasteiger partial charge on any atom is 0.273 e. The standard InChI is InChI=1S/C19H20N2O6/c22-19(13-27-17-7-2-5-15(11-17)21(23)24)20-14-4-1-6-16(10-14)26-12-18-8-3-9-25-18/h1-2,4-7,10-11,18H,3,8-9,12-13H2,(H,20,22). The molecule has 1 heterocycles. The molecule has 0 bridgehead atoms. The number of carbonyl (C=O) groups excluding carboxylic acids is 1. The highest BCUT2D eigenvalue weighted by Gasteiger charge is 2.16. The minimum Gasteiger partial charge on any atom is -0.491 e. The molecule has 0 saturated carbocycles. The van der Waals surface area contributed by atoms with Gasteiger partial charge in [0.2, 0.25) is 0 Å². The molecule has 1 N–H and O–H groups in total. The third-order valence-corrected chi connectivity index (χ3v) is 3.98. The van der Waals surface area contributed by atoms with Gasteiger partial charge in [0.15, 0.2) is 6.61 Å². The Morgan fingerprint density at radius 3 is 2.70 bits per heavy atom. The molecule has 8 nitrogen and oxygen atoms in total. The van der Waals surface area contributed by atoms with Crippen LogP contribution in [0, 0.1) is 10.1 Å². The van der Waals surface area contributed by atoms with Crippen LogP contribution in [0.2, 0.25) is 0 Å². The summed E-state index contributed by atoms with van der Waals surface area (Å²) in [6, 6.07) is 12.7. The molecule has 3 rings (SSSR count). The van der Waals surface area contributed by atoms with Gasteiger partial charge in [0.1, 0.15) is 18.1 Å². The van der Waals surface area contributed by atoms with Gasteiger partial charge in [-0.05, 0) is 31.0 Å². The van der Waals surface area contributed by atoms with Gasteiger partial charge in [-0.2, -0.15) is 0 Å². The molecule has 1 amide bonds. The first-order chi connectivity index (χ1) is 13.1. The van der Waals surface area contributed by atoms with Crippen LogP contribution in [-0.4, -0.2) is 36.8 Å². The first kappa shape index (κ1) is 18.7. The number of nitro benzene ring substituents is 1. The Morgan fingerprint density at radius 2 is 1.96 bits per heavy atom. The Hall–Kier alpha value is -3.13. The molecule has 0 spiro atoms. The summed E-state index contributed by atoms with van der Waals surface area (Å²) < 4.78 is 16.5. The highest BCUT2D eigenvalue weighted by molar-refractivity contribution is 5.92. The average Bonchev–Trinajstić information content (AvgIpc) is 3.19. The second-order valence-corrected chi connectivity index (χ2v) is 6.07. The van der Waals surface area contributed by atoms with E-state index in [1.165, 1.54) is 18.2 Å². The second-order valence-electron chi connectivity index (χ2n) is 6.07. The monoisotopic (exact) mass is 372 g/mol. The third kappa shape index (κ3) is 5.68. The lowest BCUT2D eigenvalue weighted by atomic mass is 10.2. The first-order valence-corrected chi connectivity index (χ1v) is 8.62. The number of anilines is 1. The maximum atomic E-state index is 12.1. The molecule has 1 aliphatic heterocycles. The summed E-state index contributed by atoms with van der Waals surface area (Å²) in [4.78, 5) is 22.3. The molecule has 1 saturated heterocycles. The van der Waals surface area contributed by atoms with E-state index in [1.54, 1.807) is 24.3 Å². The number of benzene rings is 2. The van der Waals surface area contributed by atoms with Gasteiger partial charge in [0.25, 0.3) is 11.6 Å². The summed E-state index contributed by atoms with van der Waals surface area (Å²) in [5.41, 5.74) is 0.483. The van der Waals surface area contributed by atoms with Gasteiger partial charge in [-0.1, -0.05) is 12.1 Å². The van der Waals surface area contributed by atoms with Crippen molar-refractivity contribution >= 4 is 17.3 Å². The van der Waals surface area contributed by atoms with Crippen molar-refractivity contribution in [3.63, 3.8) is 0 Å². The van der Waals surface area contributed by atoms with E-state index in [0.717, 1.165) is 19.4 Å². The molecule has 1 fully saturated rings. The second kappa shape index (κ2) is 9.00. The fourth-order valence-corrected chi connectivity index (χ4v) is 2.66. The Kier molecular flexibility index (Phi) is 6.22. The summed E-state index contributed by atoms with van der Waals surface area (Å²) in [6.07, 6.45) is 2.16. The lowest BCUT2D eigenvalue weighted by molar-refractivity contribution is -0.384. The van der Waals surface area contributed by atoms with Crippen LogP contribution in [0.4, 0.5) is 11.4 Å². The summed E-state index contributed by atoms with van der Waals surface area (Å²) in [6.45, 7) is 0.990. The number of rotatable bonds is 8. The number of nitrogens with zero attached hydrogens (tertiary/aromatic N) is 1. The molecule has 0 aliphatic carbocycles. The number of amides is 1. The fourth-order valence-electron chi connectivity index (χ4n) is 2.66.